The molecule has 0 spiro atoms. The highest BCUT2D eigenvalue weighted by Gasteiger charge is 2.29. The Bertz CT molecular complexity index is 781. The molecule has 2 aromatic rings. The van der Waals surface area contributed by atoms with E-state index in [1.807, 2.05) is 24.3 Å². The highest BCUT2D eigenvalue weighted by Crippen LogP contribution is 2.37. The molecule has 5 heteroatoms. The van der Waals surface area contributed by atoms with E-state index in [0.717, 1.165) is 11.3 Å². The average molecular weight is 280 g/mol. The SMILES string of the molecule is CN1C(=O)/C(=C\c2ccccc2[N+](=O)[O-])c2ccccc21. The van der Waals surface area contributed by atoms with E-state index in [1.165, 1.54) is 6.07 Å². The van der Waals surface area contributed by atoms with E-state index >= 15 is 0 Å². The van der Waals surface area contributed by atoms with Crippen molar-refractivity contribution >= 4 is 28.9 Å². The van der Waals surface area contributed by atoms with Crippen molar-refractivity contribution < 1.29 is 9.72 Å². The number of nitro groups is 1. The van der Waals surface area contributed by atoms with Gasteiger partial charge in [-0.15, -0.1) is 0 Å². The largest absolute Gasteiger partial charge is 0.311 e. The number of rotatable bonds is 2. The van der Waals surface area contributed by atoms with Gasteiger partial charge in [0.25, 0.3) is 11.6 Å². The van der Waals surface area contributed by atoms with E-state index in [-0.39, 0.29) is 11.6 Å². The number of carbonyl (C=O) groups excluding carboxylic acids is 1. The summed E-state index contributed by atoms with van der Waals surface area (Å²) in [7, 11) is 1.70. The van der Waals surface area contributed by atoms with Crippen molar-refractivity contribution in [1.82, 2.24) is 0 Å². The topological polar surface area (TPSA) is 63.5 Å². The van der Waals surface area contributed by atoms with E-state index in [9.17, 15) is 14.9 Å². The molecule has 1 amide bonds. The van der Waals surface area contributed by atoms with Crippen molar-refractivity contribution in [3.63, 3.8) is 0 Å². The van der Waals surface area contributed by atoms with Crippen molar-refractivity contribution in [2.75, 3.05) is 11.9 Å². The molecule has 0 atom stereocenters. The van der Waals surface area contributed by atoms with Gasteiger partial charge in [-0.1, -0.05) is 30.3 Å². The van der Waals surface area contributed by atoms with Crippen molar-refractivity contribution in [1.29, 1.82) is 0 Å². The van der Waals surface area contributed by atoms with Gasteiger partial charge in [0.2, 0.25) is 0 Å². The number of likely N-dealkylation sites (N-methyl/N-ethyl adjacent to an activating group) is 1. The summed E-state index contributed by atoms with van der Waals surface area (Å²) in [4.78, 5) is 24.5. The van der Waals surface area contributed by atoms with Gasteiger partial charge in [-0.2, -0.15) is 0 Å². The molecule has 1 aliphatic rings. The number of amides is 1. The Labute approximate surface area is 121 Å². The number of benzene rings is 2. The van der Waals surface area contributed by atoms with Crippen molar-refractivity contribution in [2.45, 2.75) is 0 Å². The minimum atomic E-state index is -0.443. The minimum Gasteiger partial charge on any atom is -0.311 e. The average Bonchev–Trinajstić information content (AvgIpc) is 2.73. The maximum atomic E-state index is 12.3. The fourth-order valence-corrected chi connectivity index (χ4v) is 2.47. The van der Waals surface area contributed by atoms with Gasteiger partial charge in [-0.3, -0.25) is 14.9 Å². The highest BCUT2D eigenvalue weighted by molar-refractivity contribution is 6.35. The number of para-hydroxylation sites is 2. The van der Waals surface area contributed by atoms with Crippen LogP contribution in [0.5, 0.6) is 0 Å². The maximum absolute atomic E-state index is 12.3. The van der Waals surface area contributed by atoms with Crippen LogP contribution in [0.15, 0.2) is 48.5 Å². The summed E-state index contributed by atoms with van der Waals surface area (Å²) in [5.74, 6) is -0.158. The molecule has 0 aromatic heterocycles. The van der Waals surface area contributed by atoms with E-state index in [1.54, 1.807) is 36.2 Å². The van der Waals surface area contributed by atoms with Gasteiger partial charge in [0, 0.05) is 18.7 Å². The number of nitrogens with zero attached hydrogens (tertiary/aromatic N) is 2. The van der Waals surface area contributed by atoms with Gasteiger partial charge in [0.1, 0.15) is 0 Å². The standard InChI is InChI=1S/C16H12N2O3/c1-17-15-9-5-3-7-12(15)13(16(17)19)10-11-6-2-4-8-14(11)18(20)21/h2-10H,1H3/b13-10-. The Morgan fingerprint density at radius 3 is 2.52 bits per heavy atom. The van der Waals surface area contributed by atoms with Crippen LogP contribution in [0, 0.1) is 10.1 Å². The second-order valence-corrected chi connectivity index (χ2v) is 4.76. The van der Waals surface area contributed by atoms with Crippen LogP contribution in [0.3, 0.4) is 0 Å². The normalized spacial score (nSPS) is 15.4. The first-order valence-electron chi connectivity index (χ1n) is 6.42. The molecule has 0 bridgehead atoms. The first-order valence-corrected chi connectivity index (χ1v) is 6.42. The van der Waals surface area contributed by atoms with Crippen LogP contribution in [0.25, 0.3) is 11.6 Å². The van der Waals surface area contributed by atoms with Crippen molar-refractivity contribution in [3.05, 3.63) is 69.8 Å². The summed E-state index contributed by atoms with van der Waals surface area (Å²) >= 11 is 0. The zero-order valence-corrected chi connectivity index (χ0v) is 11.3. The smallest absolute Gasteiger partial charge is 0.276 e. The Morgan fingerprint density at radius 2 is 1.76 bits per heavy atom. The first kappa shape index (κ1) is 13.1. The number of fused-ring (bicyclic) bond motifs is 1. The van der Waals surface area contributed by atoms with Crippen LogP contribution >= 0.6 is 0 Å². The molecule has 0 saturated carbocycles. The van der Waals surface area contributed by atoms with Crippen LogP contribution in [-0.2, 0) is 4.79 Å². The monoisotopic (exact) mass is 280 g/mol. The number of hydrogen-bond donors (Lipinski definition) is 0. The third kappa shape index (κ3) is 2.08. The van der Waals surface area contributed by atoms with E-state index < -0.39 is 4.92 Å². The van der Waals surface area contributed by atoms with Gasteiger partial charge in [-0.25, -0.2) is 0 Å². The van der Waals surface area contributed by atoms with Crippen LogP contribution < -0.4 is 4.90 Å². The number of anilines is 1. The lowest BCUT2D eigenvalue weighted by Crippen LogP contribution is -2.20. The van der Waals surface area contributed by atoms with Gasteiger partial charge >= 0.3 is 0 Å². The Morgan fingerprint density at radius 1 is 1.10 bits per heavy atom. The number of hydrogen-bond acceptors (Lipinski definition) is 3. The van der Waals surface area contributed by atoms with Gasteiger partial charge in [0.15, 0.2) is 0 Å². The van der Waals surface area contributed by atoms with Gasteiger partial charge < -0.3 is 4.90 Å². The summed E-state index contributed by atoms with van der Waals surface area (Å²) in [6.07, 6.45) is 1.59. The molecule has 0 unspecified atom stereocenters. The van der Waals surface area contributed by atoms with Crippen molar-refractivity contribution in [2.24, 2.45) is 0 Å². The summed E-state index contributed by atoms with van der Waals surface area (Å²) in [5, 5.41) is 11.1. The molecular formula is C16H12N2O3. The lowest BCUT2D eigenvalue weighted by molar-refractivity contribution is -0.385. The molecule has 1 aliphatic heterocycles. The summed E-state index contributed by atoms with van der Waals surface area (Å²) < 4.78 is 0. The van der Waals surface area contributed by atoms with E-state index in [4.69, 9.17) is 0 Å². The zero-order chi connectivity index (χ0) is 15.0. The fourth-order valence-electron chi connectivity index (χ4n) is 2.47. The molecular weight excluding hydrogens is 268 g/mol. The lowest BCUT2D eigenvalue weighted by Gasteiger charge is -2.07. The van der Waals surface area contributed by atoms with E-state index in [2.05, 4.69) is 0 Å². The molecule has 21 heavy (non-hydrogen) atoms. The van der Waals surface area contributed by atoms with Crippen LogP contribution in [0.4, 0.5) is 11.4 Å². The molecule has 0 N–H and O–H groups in total. The second kappa shape index (κ2) is 4.86. The molecule has 0 aliphatic carbocycles. The first-order chi connectivity index (χ1) is 10.1. The van der Waals surface area contributed by atoms with Gasteiger partial charge in [0.05, 0.1) is 21.7 Å². The number of nitro benzene ring substituents is 1. The Kier molecular flexibility index (Phi) is 3.02. The molecule has 0 radical (unpaired) electrons. The molecule has 0 saturated heterocycles. The highest BCUT2D eigenvalue weighted by atomic mass is 16.6. The Hall–Kier alpha value is -2.95. The quantitative estimate of drug-likeness (QED) is 0.482. The zero-order valence-electron chi connectivity index (χ0n) is 11.3. The minimum absolute atomic E-state index is 0.00941. The summed E-state index contributed by atoms with van der Waals surface area (Å²) in [6, 6.07) is 13.8. The number of carbonyl (C=O) groups is 1. The summed E-state index contributed by atoms with van der Waals surface area (Å²) in [6.45, 7) is 0. The molecule has 3 rings (SSSR count). The van der Waals surface area contributed by atoms with Crippen LogP contribution in [-0.4, -0.2) is 17.9 Å². The maximum Gasteiger partial charge on any atom is 0.276 e. The molecule has 2 aromatic carbocycles. The van der Waals surface area contributed by atoms with E-state index in [0.29, 0.717) is 11.1 Å². The molecule has 5 nitrogen and oxygen atoms in total. The predicted molar refractivity (Wildman–Crippen MR) is 80.8 cm³/mol. The lowest BCUT2D eigenvalue weighted by atomic mass is 10.0. The Balaban J connectivity index is 2.17. The second-order valence-electron chi connectivity index (χ2n) is 4.76. The van der Waals surface area contributed by atoms with Crippen LogP contribution in [0.2, 0.25) is 0 Å². The summed E-state index contributed by atoms with van der Waals surface area (Å²) in [5.41, 5.74) is 2.50. The third-order valence-electron chi connectivity index (χ3n) is 3.52. The fraction of sp³-hybridized carbons (Fsp3) is 0.0625. The molecule has 1 heterocycles. The molecule has 104 valence electrons. The van der Waals surface area contributed by atoms with Crippen LogP contribution in [0.1, 0.15) is 11.1 Å². The van der Waals surface area contributed by atoms with Gasteiger partial charge in [-0.05, 0) is 18.2 Å². The molecule has 0 fully saturated rings. The predicted octanol–water partition coefficient (Wildman–Crippen LogP) is 3.11. The third-order valence-corrected chi connectivity index (χ3v) is 3.52. The van der Waals surface area contributed by atoms with Crippen molar-refractivity contribution in [3.8, 4) is 0 Å².